The largest absolute Gasteiger partial charge is 0.367 e. The fourth-order valence-electron chi connectivity index (χ4n) is 1.99. The molecule has 0 aliphatic rings. The molecule has 0 saturated carbocycles. The van der Waals surface area contributed by atoms with Crippen molar-refractivity contribution in [2.75, 3.05) is 13.6 Å². The van der Waals surface area contributed by atoms with Gasteiger partial charge in [-0.25, -0.2) is 4.39 Å². The maximum atomic E-state index is 13.6. The molecule has 0 spiro atoms. The van der Waals surface area contributed by atoms with Crippen molar-refractivity contribution in [3.63, 3.8) is 0 Å². The summed E-state index contributed by atoms with van der Waals surface area (Å²) in [6, 6.07) is 14.6. The molecule has 0 aliphatic carbocycles. The molecule has 2 aromatic rings. The molecule has 0 fully saturated rings. The monoisotopic (exact) mass is 337 g/mol. The van der Waals surface area contributed by atoms with Crippen molar-refractivity contribution in [1.29, 1.82) is 0 Å². The molecule has 0 heterocycles. The number of hydrogen-bond acceptors (Lipinski definition) is 2. The Morgan fingerprint density at radius 3 is 2.55 bits per heavy atom. The van der Waals surface area contributed by atoms with E-state index in [-0.39, 0.29) is 18.5 Å². The van der Waals surface area contributed by atoms with Crippen LogP contribution in [0.5, 0.6) is 0 Å². The van der Waals surface area contributed by atoms with Crippen molar-refractivity contribution in [2.45, 2.75) is 12.7 Å². The average molecular weight is 338 g/mol. The summed E-state index contributed by atoms with van der Waals surface area (Å²) < 4.78 is 20.5. The molecule has 0 amide bonds. The fraction of sp³-hybridized carbons (Fsp3) is 0.250. The molecule has 0 saturated heterocycles. The second-order valence-corrected chi connectivity index (χ2v) is 5.32. The van der Waals surface area contributed by atoms with Crippen LogP contribution < -0.4 is 5.32 Å². The molecule has 1 atom stereocenters. The van der Waals surface area contributed by atoms with Crippen molar-refractivity contribution in [2.24, 2.45) is 0 Å². The Kier molecular flexibility index (Phi) is 5.71. The minimum atomic E-state index is -0.233. The Morgan fingerprint density at radius 1 is 1.15 bits per heavy atom. The Labute approximate surface area is 127 Å². The number of nitrogens with one attached hydrogen (secondary N) is 1. The molecule has 0 aromatic heterocycles. The van der Waals surface area contributed by atoms with Gasteiger partial charge in [0.15, 0.2) is 0 Å². The zero-order valence-electron chi connectivity index (χ0n) is 11.3. The van der Waals surface area contributed by atoms with Gasteiger partial charge < -0.3 is 10.1 Å². The van der Waals surface area contributed by atoms with Gasteiger partial charge in [0.2, 0.25) is 0 Å². The van der Waals surface area contributed by atoms with Gasteiger partial charge >= 0.3 is 0 Å². The number of benzene rings is 2. The summed E-state index contributed by atoms with van der Waals surface area (Å²) in [5, 5.41) is 3.10. The molecular formula is C16H17BrFNO. The molecule has 2 rings (SSSR count). The summed E-state index contributed by atoms with van der Waals surface area (Å²) in [7, 11) is 1.87. The van der Waals surface area contributed by atoms with Crippen molar-refractivity contribution < 1.29 is 9.13 Å². The van der Waals surface area contributed by atoms with Crippen LogP contribution in [0.4, 0.5) is 4.39 Å². The van der Waals surface area contributed by atoms with E-state index in [9.17, 15) is 4.39 Å². The molecular weight excluding hydrogens is 321 g/mol. The third-order valence-corrected chi connectivity index (χ3v) is 3.76. The lowest BCUT2D eigenvalue weighted by Gasteiger charge is -2.19. The van der Waals surface area contributed by atoms with Gasteiger partial charge in [0.05, 0.1) is 12.7 Å². The third-order valence-electron chi connectivity index (χ3n) is 3.04. The normalized spacial score (nSPS) is 12.3. The summed E-state index contributed by atoms with van der Waals surface area (Å²) in [4.78, 5) is 0. The average Bonchev–Trinajstić information content (AvgIpc) is 2.46. The highest BCUT2D eigenvalue weighted by Gasteiger charge is 2.15. The van der Waals surface area contributed by atoms with Crippen LogP contribution in [0.3, 0.4) is 0 Å². The first-order valence-electron chi connectivity index (χ1n) is 6.46. The molecule has 0 bridgehead atoms. The maximum Gasteiger partial charge on any atom is 0.128 e. The highest BCUT2D eigenvalue weighted by atomic mass is 79.9. The first kappa shape index (κ1) is 15.2. The zero-order valence-corrected chi connectivity index (χ0v) is 12.9. The SMILES string of the molecule is CNCC(OCc1ccccc1F)c1ccccc1Br. The van der Waals surface area contributed by atoms with Gasteiger partial charge in [-0.15, -0.1) is 0 Å². The van der Waals surface area contributed by atoms with Crippen LogP contribution in [0.2, 0.25) is 0 Å². The van der Waals surface area contributed by atoms with E-state index in [1.165, 1.54) is 6.07 Å². The molecule has 20 heavy (non-hydrogen) atoms. The van der Waals surface area contributed by atoms with Gasteiger partial charge in [-0.3, -0.25) is 0 Å². The minimum absolute atomic E-state index is 0.129. The van der Waals surface area contributed by atoms with Crippen LogP contribution in [0.25, 0.3) is 0 Å². The maximum absolute atomic E-state index is 13.6. The first-order chi connectivity index (χ1) is 9.72. The molecule has 106 valence electrons. The summed E-state index contributed by atoms with van der Waals surface area (Å²) in [5.41, 5.74) is 1.62. The molecule has 0 radical (unpaired) electrons. The van der Waals surface area contributed by atoms with E-state index in [0.29, 0.717) is 12.1 Å². The van der Waals surface area contributed by atoms with Gasteiger partial charge in [0.25, 0.3) is 0 Å². The Morgan fingerprint density at radius 2 is 1.85 bits per heavy atom. The van der Waals surface area contributed by atoms with E-state index >= 15 is 0 Å². The van der Waals surface area contributed by atoms with Gasteiger partial charge in [0.1, 0.15) is 5.82 Å². The third kappa shape index (κ3) is 3.88. The first-order valence-corrected chi connectivity index (χ1v) is 7.25. The lowest BCUT2D eigenvalue weighted by atomic mass is 10.1. The van der Waals surface area contributed by atoms with Crippen LogP contribution in [0.15, 0.2) is 53.0 Å². The highest BCUT2D eigenvalue weighted by molar-refractivity contribution is 9.10. The zero-order chi connectivity index (χ0) is 14.4. The summed E-state index contributed by atoms with van der Waals surface area (Å²) in [6.45, 7) is 0.914. The second-order valence-electron chi connectivity index (χ2n) is 4.47. The van der Waals surface area contributed by atoms with Crippen LogP contribution in [0, 0.1) is 5.82 Å². The van der Waals surface area contributed by atoms with Crippen molar-refractivity contribution in [1.82, 2.24) is 5.32 Å². The van der Waals surface area contributed by atoms with Crippen LogP contribution >= 0.6 is 15.9 Å². The number of ether oxygens (including phenoxy) is 1. The summed E-state index contributed by atoms with van der Waals surface area (Å²) >= 11 is 3.53. The van der Waals surface area contributed by atoms with Crippen LogP contribution in [0.1, 0.15) is 17.2 Å². The van der Waals surface area contributed by atoms with Gasteiger partial charge in [0, 0.05) is 16.6 Å². The smallest absolute Gasteiger partial charge is 0.128 e. The predicted octanol–water partition coefficient (Wildman–Crippen LogP) is 4.07. The predicted molar refractivity (Wildman–Crippen MR) is 82.0 cm³/mol. The molecule has 2 aromatic carbocycles. The van der Waals surface area contributed by atoms with Gasteiger partial charge in [-0.2, -0.15) is 0 Å². The number of likely N-dealkylation sites (N-methyl/N-ethyl adjacent to an activating group) is 1. The standard InChI is InChI=1S/C16H17BrFNO/c1-19-10-16(13-7-3-4-8-14(13)17)20-11-12-6-2-5-9-15(12)18/h2-9,16,19H,10-11H2,1H3. The minimum Gasteiger partial charge on any atom is -0.367 e. The van der Waals surface area contributed by atoms with E-state index < -0.39 is 0 Å². The van der Waals surface area contributed by atoms with Crippen LogP contribution in [-0.2, 0) is 11.3 Å². The second kappa shape index (κ2) is 7.53. The fourth-order valence-corrected chi connectivity index (χ4v) is 2.53. The topological polar surface area (TPSA) is 21.3 Å². The van der Waals surface area contributed by atoms with E-state index in [2.05, 4.69) is 21.2 Å². The Balaban J connectivity index is 2.11. The molecule has 2 nitrogen and oxygen atoms in total. The molecule has 1 N–H and O–H groups in total. The molecule has 1 unspecified atom stereocenters. The van der Waals surface area contributed by atoms with Crippen molar-refractivity contribution >= 4 is 15.9 Å². The molecule has 4 heteroatoms. The quantitative estimate of drug-likeness (QED) is 0.857. The van der Waals surface area contributed by atoms with Crippen molar-refractivity contribution in [3.05, 3.63) is 69.9 Å². The number of halogens is 2. The van der Waals surface area contributed by atoms with E-state index in [4.69, 9.17) is 4.74 Å². The molecule has 0 aliphatic heterocycles. The number of hydrogen-bond donors (Lipinski definition) is 1. The lowest BCUT2D eigenvalue weighted by molar-refractivity contribution is 0.0390. The van der Waals surface area contributed by atoms with Gasteiger partial charge in [-0.05, 0) is 24.7 Å². The van der Waals surface area contributed by atoms with Crippen molar-refractivity contribution in [3.8, 4) is 0 Å². The summed E-state index contributed by atoms with van der Waals surface area (Å²) in [6.07, 6.45) is -0.129. The van der Waals surface area contributed by atoms with E-state index in [1.54, 1.807) is 12.1 Å². The summed E-state index contributed by atoms with van der Waals surface area (Å²) in [5.74, 6) is -0.233. The van der Waals surface area contributed by atoms with Gasteiger partial charge in [-0.1, -0.05) is 52.3 Å². The Bertz CT molecular complexity index is 562. The highest BCUT2D eigenvalue weighted by Crippen LogP contribution is 2.26. The number of rotatable bonds is 6. The van der Waals surface area contributed by atoms with E-state index in [1.807, 2.05) is 37.4 Å². The van der Waals surface area contributed by atoms with Crippen LogP contribution in [-0.4, -0.2) is 13.6 Å². The lowest BCUT2D eigenvalue weighted by Crippen LogP contribution is -2.20. The Hall–Kier alpha value is -1.23. The van der Waals surface area contributed by atoms with E-state index in [0.717, 1.165) is 10.0 Å².